The van der Waals surface area contributed by atoms with Gasteiger partial charge in [0.25, 0.3) is 0 Å². The molecule has 2 heterocycles. The van der Waals surface area contributed by atoms with Crippen LogP contribution >= 0.6 is 0 Å². The maximum absolute atomic E-state index is 12.1. The van der Waals surface area contributed by atoms with Crippen LogP contribution in [0.25, 0.3) is 11.2 Å². The summed E-state index contributed by atoms with van der Waals surface area (Å²) in [6, 6.07) is 7.26. The highest BCUT2D eigenvalue weighted by atomic mass is 19.4. The van der Waals surface area contributed by atoms with Gasteiger partial charge < -0.3 is 10.5 Å². The highest BCUT2D eigenvalue weighted by Crippen LogP contribution is 2.24. The Morgan fingerprint density at radius 3 is 2.55 bits per heavy atom. The minimum atomic E-state index is -4.70. The summed E-state index contributed by atoms with van der Waals surface area (Å²) in [4.78, 5) is 4.02. The van der Waals surface area contributed by atoms with E-state index >= 15 is 0 Å². The first-order valence-corrected chi connectivity index (χ1v) is 6.21. The van der Waals surface area contributed by atoms with Crippen LogP contribution in [0.1, 0.15) is 11.1 Å². The van der Waals surface area contributed by atoms with Crippen LogP contribution in [0.4, 0.5) is 19.0 Å². The fourth-order valence-electron chi connectivity index (χ4n) is 2.08. The predicted molar refractivity (Wildman–Crippen MR) is 72.0 cm³/mol. The zero-order chi connectivity index (χ0) is 15.7. The van der Waals surface area contributed by atoms with Crippen LogP contribution in [0.3, 0.4) is 0 Å². The summed E-state index contributed by atoms with van der Waals surface area (Å²) in [5.41, 5.74) is 8.22. The van der Waals surface area contributed by atoms with Crippen LogP contribution in [0.5, 0.6) is 5.75 Å². The Morgan fingerprint density at radius 2 is 1.86 bits per heavy atom. The lowest BCUT2D eigenvalue weighted by Gasteiger charge is -2.09. The Kier molecular flexibility index (Phi) is 3.32. The molecule has 0 aliphatic carbocycles. The Hall–Kier alpha value is -2.84. The van der Waals surface area contributed by atoms with Crippen molar-refractivity contribution in [3.8, 4) is 5.75 Å². The first-order valence-electron chi connectivity index (χ1n) is 6.21. The van der Waals surface area contributed by atoms with Crippen LogP contribution in [-0.4, -0.2) is 26.8 Å². The number of benzene rings is 1. The van der Waals surface area contributed by atoms with Gasteiger partial charge in [0.2, 0.25) is 5.65 Å². The molecule has 0 amide bonds. The summed E-state index contributed by atoms with van der Waals surface area (Å²) in [5.74, 6) is 0.0329. The van der Waals surface area contributed by atoms with Crippen molar-refractivity contribution in [2.45, 2.75) is 12.8 Å². The van der Waals surface area contributed by atoms with Gasteiger partial charge in [-0.05, 0) is 35.7 Å². The highest BCUT2D eigenvalue weighted by molar-refractivity contribution is 5.76. The van der Waals surface area contributed by atoms with Crippen molar-refractivity contribution in [3.63, 3.8) is 0 Å². The summed E-state index contributed by atoms with van der Waals surface area (Å²) in [6.07, 6.45) is -4.27. The number of pyridine rings is 1. The van der Waals surface area contributed by atoms with Crippen LogP contribution in [0.2, 0.25) is 0 Å². The number of nitrogens with two attached hydrogens (primary N) is 1. The number of halogens is 3. The molecule has 0 spiro atoms. The van der Waals surface area contributed by atoms with E-state index in [1.165, 1.54) is 12.1 Å². The first kappa shape index (κ1) is 14.1. The lowest BCUT2D eigenvalue weighted by atomic mass is 10.0. The minimum absolute atomic E-state index is 0.267. The fraction of sp³-hybridized carbons (Fsp3) is 0.154. The van der Waals surface area contributed by atoms with Crippen molar-refractivity contribution in [3.05, 3.63) is 41.5 Å². The molecule has 3 N–H and O–H groups in total. The van der Waals surface area contributed by atoms with E-state index in [9.17, 15) is 13.2 Å². The van der Waals surface area contributed by atoms with E-state index in [0.717, 1.165) is 11.1 Å². The lowest BCUT2D eigenvalue weighted by molar-refractivity contribution is -0.274. The minimum Gasteiger partial charge on any atom is -0.406 e. The predicted octanol–water partition coefficient (Wildman–Crippen LogP) is 2.42. The second kappa shape index (κ2) is 5.17. The standard InChI is InChI=1S/C13H10F3N5O/c14-13(15,16)22-9-3-1-7(2-4-9)5-8-6-10(17)18-12-11(8)19-21-20-12/h1-4,6H,5H2,(H3,17,18,19,20,21). The average molecular weight is 309 g/mol. The molecule has 0 fully saturated rings. The topological polar surface area (TPSA) is 89.7 Å². The number of rotatable bonds is 3. The van der Waals surface area contributed by atoms with Gasteiger partial charge in [-0.25, -0.2) is 4.98 Å². The smallest absolute Gasteiger partial charge is 0.406 e. The van der Waals surface area contributed by atoms with Crippen molar-refractivity contribution in [2.24, 2.45) is 0 Å². The quantitative estimate of drug-likeness (QED) is 0.775. The average Bonchev–Trinajstić information content (AvgIpc) is 2.87. The molecule has 6 nitrogen and oxygen atoms in total. The van der Waals surface area contributed by atoms with E-state index < -0.39 is 6.36 Å². The molecule has 0 saturated heterocycles. The number of nitrogen functional groups attached to an aromatic ring is 1. The molecule has 0 radical (unpaired) electrons. The maximum atomic E-state index is 12.1. The lowest BCUT2D eigenvalue weighted by Crippen LogP contribution is -2.17. The third-order valence-electron chi connectivity index (χ3n) is 2.94. The Labute approximate surface area is 122 Å². The van der Waals surface area contributed by atoms with E-state index in [1.54, 1.807) is 18.2 Å². The third-order valence-corrected chi connectivity index (χ3v) is 2.94. The van der Waals surface area contributed by atoms with Crippen molar-refractivity contribution >= 4 is 17.0 Å². The fourth-order valence-corrected chi connectivity index (χ4v) is 2.08. The molecule has 3 aromatic rings. The van der Waals surface area contributed by atoms with Crippen molar-refractivity contribution in [1.82, 2.24) is 20.4 Å². The van der Waals surface area contributed by atoms with Gasteiger partial charge in [-0.1, -0.05) is 12.1 Å². The SMILES string of the molecule is Nc1cc(Cc2ccc(OC(F)(F)F)cc2)c2n[nH]nc2n1. The number of fused-ring (bicyclic) bond motifs is 1. The second-order valence-electron chi connectivity index (χ2n) is 4.57. The van der Waals surface area contributed by atoms with E-state index in [4.69, 9.17) is 5.73 Å². The Morgan fingerprint density at radius 1 is 1.14 bits per heavy atom. The van der Waals surface area contributed by atoms with E-state index in [0.29, 0.717) is 23.4 Å². The zero-order valence-electron chi connectivity index (χ0n) is 11.1. The largest absolute Gasteiger partial charge is 0.573 e. The van der Waals surface area contributed by atoms with Gasteiger partial charge in [0, 0.05) is 0 Å². The van der Waals surface area contributed by atoms with Gasteiger partial charge in [0.1, 0.15) is 17.1 Å². The third kappa shape index (κ3) is 3.08. The normalized spacial score (nSPS) is 11.8. The molecule has 1 aromatic carbocycles. The number of aromatic nitrogens is 4. The summed E-state index contributed by atoms with van der Waals surface area (Å²) in [7, 11) is 0. The molecule has 114 valence electrons. The number of nitrogens with zero attached hydrogens (tertiary/aromatic N) is 3. The molecule has 0 bridgehead atoms. The molecule has 0 atom stereocenters. The molecule has 3 rings (SSSR count). The molecule has 0 aliphatic heterocycles. The number of aromatic amines is 1. The van der Waals surface area contributed by atoms with Crippen molar-refractivity contribution in [1.29, 1.82) is 0 Å². The van der Waals surface area contributed by atoms with Crippen LogP contribution in [0, 0.1) is 0 Å². The van der Waals surface area contributed by atoms with Crippen molar-refractivity contribution in [2.75, 3.05) is 5.73 Å². The number of nitrogens with one attached hydrogen (secondary N) is 1. The molecule has 2 aromatic heterocycles. The molecule has 0 saturated carbocycles. The van der Waals surface area contributed by atoms with Crippen LogP contribution in [-0.2, 0) is 6.42 Å². The summed E-state index contributed by atoms with van der Waals surface area (Å²) < 4.78 is 40.2. The van der Waals surface area contributed by atoms with Gasteiger partial charge in [-0.2, -0.15) is 10.3 Å². The van der Waals surface area contributed by atoms with E-state index in [1.807, 2.05) is 0 Å². The number of alkyl halides is 3. The number of ether oxygens (including phenoxy) is 1. The summed E-state index contributed by atoms with van der Waals surface area (Å²) in [6.45, 7) is 0. The van der Waals surface area contributed by atoms with Crippen LogP contribution in [0.15, 0.2) is 30.3 Å². The molecule has 9 heteroatoms. The van der Waals surface area contributed by atoms with Gasteiger partial charge in [-0.15, -0.1) is 18.3 Å². The van der Waals surface area contributed by atoms with E-state index in [2.05, 4.69) is 25.1 Å². The summed E-state index contributed by atoms with van der Waals surface area (Å²) >= 11 is 0. The summed E-state index contributed by atoms with van der Waals surface area (Å²) in [5, 5.41) is 10.3. The number of hydrogen-bond donors (Lipinski definition) is 2. The second-order valence-corrected chi connectivity index (χ2v) is 4.57. The van der Waals surface area contributed by atoms with E-state index in [-0.39, 0.29) is 5.75 Å². The molecular formula is C13H10F3N5O. The molecule has 0 aliphatic rings. The molecule has 0 unspecified atom stereocenters. The number of H-pyrrole nitrogens is 1. The van der Waals surface area contributed by atoms with Gasteiger partial charge in [-0.3, -0.25) is 0 Å². The maximum Gasteiger partial charge on any atom is 0.573 e. The van der Waals surface area contributed by atoms with Crippen molar-refractivity contribution < 1.29 is 17.9 Å². The monoisotopic (exact) mass is 309 g/mol. The first-order chi connectivity index (χ1) is 10.4. The number of hydrogen-bond acceptors (Lipinski definition) is 5. The van der Waals surface area contributed by atoms with Crippen LogP contribution < -0.4 is 10.5 Å². The molecular weight excluding hydrogens is 299 g/mol. The molecule has 22 heavy (non-hydrogen) atoms. The zero-order valence-corrected chi connectivity index (χ0v) is 11.1. The van der Waals surface area contributed by atoms with Gasteiger partial charge in [0.15, 0.2) is 0 Å². The Bertz CT molecular complexity index is 798. The number of anilines is 1. The Balaban J connectivity index is 1.84. The van der Waals surface area contributed by atoms with Gasteiger partial charge >= 0.3 is 6.36 Å². The highest BCUT2D eigenvalue weighted by Gasteiger charge is 2.30. The van der Waals surface area contributed by atoms with Gasteiger partial charge in [0.05, 0.1) is 0 Å².